The maximum atomic E-state index is 12.3. The zero-order valence-corrected chi connectivity index (χ0v) is 15.7. The van der Waals surface area contributed by atoms with E-state index in [1.165, 1.54) is 30.3 Å². The predicted octanol–water partition coefficient (Wildman–Crippen LogP) is 2.03. The lowest BCUT2D eigenvalue weighted by Gasteiger charge is -2.09. The summed E-state index contributed by atoms with van der Waals surface area (Å²) < 4.78 is 29.5. The fraction of sp³-hybridized carbons (Fsp3) is 0.105. The van der Waals surface area contributed by atoms with Gasteiger partial charge in [-0.15, -0.1) is 4.83 Å². The molecule has 1 aromatic heterocycles. The quantitative estimate of drug-likeness (QED) is 0.484. The molecule has 0 aliphatic rings. The smallest absolute Gasteiger partial charge is 0.338 e. The van der Waals surface area contributed by atoms with Crippen LogP contribution in [0, 0.1) is 0 Å². The predicted molar refractivity (Wildman–Crippen MR) is 102 cm³/mol. The van der Waals surface area contributed by atoms with Gasteiger partial charge in [-0.1, -0.05) is 24.3 Å². The second kappa shape index (κ2) is 8.15. The number of rotatable bonds is 6. The number of amides is 1. The van der Waals surface area contributed by atoms with Gasteiger partial charge in [-0.25, -0.2) is 18.2 Å². The second-order valence-electron chi connectivity index (χ2n) is 5.69. The normalized spacial score (nSPS) is 11.2. The third-order valence-corrected chi connectivity index (χ3v) is 5.07. The number of para-hydroxylation sites is 1. The molecule has 1 heterocycles. The first-order valence-corrected chi connectivity index (χ1v) is 9.84. The topological polar surface area (TPSA) is 114 Å². The van der Waals surface area contributed by atoms with Crippen LogP contribution < -0.4 is 10.3 Å². The van der Waals surface area contributed by atoms with Gasteiger partial charge in [-0.05, 0) is 43.3 Å². The summed E-state index contributed by atoms with van der Waals surface area (Å²) in [5.41, 5.74) is 3.04. The highest BCUT2D eigenvalue weighted by atomic mass is 32.2. The van der Waals surface area contributed by atoms with Crippen LogP contribution in [0.5, 0.6) is 0 Å². The molecule has 0 aliphatic carbocycles. The molecular weight excluding hydrogens is 382 g/mol. The Morgan fingerprint density at radius 1 is 1.00 bits per heavy atom. The number of carbonyl (C=O) groups is 2. The summed E-state index contributed by atoms with van der Waals surface area (Å²) in [6.45, 7) is 1.89. The highest BCUT2D eigenvalue weighted by Crippen LogP contribution is 2.13. The van der Waals surface area contributed by atoms with Gasteiger partial charge in [-0.2, -0.15) is 0 Å². The van der Waals surface area contributed by atoms with Crippen molar-refractivity contribution >= 4 is 32.8 Å². The van der Waals surface area contributed by atoms with Crippen LogP contribution in [0.2, 0.25) is 0 Å². The van der Waals surface area contributed by atoms with Crippen molar-refractivity contribution in [2.24, 2.45) is 0 Å². The fourth-order valence-electron chi connectivity index (χ4n) is 2.41. The number of nitrogens with one attached hydrogen (secondary N) is 2. The Balaban J connectivity index is 1.69. The minimum absolute atomic E-state index is 0.0686. The fourth-order valence-corrected chi connectivity index (χ4v) is 3.25. The number of sulfonamides is 1. The number of esters is 1. The van der Waals surface area contributed by atoms with Crippen molar-refractivity contribution in [2.45, 2.75) is 11.8 Å². The summed E-state index contributed by atoms with van der Waals surface area (Å²) in [5, 5.41) is 0.862. The molecule has 0 saturated carbocycles. The molecule has 0 atom stereocenters. The van der Waals surface area contributed by atoms with Crippen molar-refractivity contribution in [2.75, 3.05) is 6.61 Å². The van der Waals surface area contributed by atoms with Gasteiger partial charge in [0.05, 0.1) is 22.6 Å². The Morgan fingerprint density at radius 2 is 1.71 bits per heavy atom. The first kappa shape index (κ1) is 19.5. The van der Waals surface area contributed by atoms with Gasteiger partial charge >= 0.3 is 5.97 Å². The first-order chi connectivity index (χ1) is 13.4. The van der Waals surface area contributed by atoms with Crippen LogP contribution >= 0.6 is 0 Å². The highest BCUT2D eigenvalue weighted by Gasteiger charge is 2.17. The number of pyridine rings is 1. The van der Waals surface area contributed by atoms with E-state index >= 15 is 0 Å². The van der Waals surface area contributed by atoms with Gasteiger partial charge in [0, 0.05) is 5.39 Å². The molecule has 0 bridgehead atoms. The minimum atomic E-state index is -4.02. The van der Waals surface area contributed by atoms with Gasteiger partial charge in [-0.3, -0.25) is 10.2 Å². The van der Waals surface area contributed by atoms with E-state index in [1.807, 2.05) is 17.0 Å². The van der Waals surface area contributed by atoms with Crippen molar-refractivity contribution in [1.82, 2.24) is 15.2 Å². The molecular formula is C19H17N3O5S. The molecule has 9 heteroatoms. The average Bonchev–Trinajstić information content (AvgIpc) is 2.72. The van der Waals surface area contributed by atoms with Gasteiger partial charge in [0.15, 0.2) is 0 Å². The molecule has 0 fully saturated rings. The Hall–Kier alpha value is -3.30. The standard InChI is InChI=1S/C19H17N3O5S/c1-2-27-19(24)14-7-10-15(11-8-14)28(25,26)22-21-18(23)17-12-9-13-5-3-4-6-16(13)20-17/h3-12,22H,2H2,1H3,(H,21,23). The molecule has 0 spiro atoms. The Labute approximate surface area is 161 Å². The molecule has 0 aliphatic heterocycles. The number of hydrogen-bond donors (Lipinski definition) is 2. The highest BCUT2D eigenvalue weighted by molar-refractivity contribution is 7.89. The summed E-state index contributed by atoms with van der Waals surface area (Å²) in [7, 11) is -4.02. The number of ether oxygens (including phenoxy) is 1. The average molecular weight is 399 g/mol. The van der Waals surface area contributed by atoms with E-state index in [0.717, 1.165) is 5.39 Å². The first-order valence-electron chi connectivity index (χ1n) is 8.36. The van der Waals surface area contributed by atoms with Crippen molar-refractivity contribution in [1.29, 1.82) is 0 Å². The largest absolute Gasteiger partial charge is 0.462 e. The number of hydrazine groups is 1. The maximum Gasteiger partial charge on any atom is 0.338 e. The van der Waals surface area contributed by atoms with Crippen LogP contribution in [0.1, 0.15) is 27.8 Å². The van der Waals surface area contributed by atoms with Crippen LogP contribution in [0.15, 0.2) is 65.6 Å². The number of benzene rings is 2. The molecule has 144 valence electrons. The second-order valence-corrected chi connectivity index (χ2v) is 7.38. The molecule has 3 rings (SSSR count). The van der Waals surface area contributed by atoms with Gasteiger partial charge < -0.3 is 4.74 Å². The molecule has 0 radical (unpaired) electrons. The summed E-state index contributed by atoms with van der Waals surface area (Å²) in [4.78, 5) is 29.9. The Morgan fingerprint density at radius 3 is 2.43 bits per heavy atom. The van der Waals surface area contributed by atoms with Crippen molar-refractivity contribution in [3.8, 4) is 0 Å². The Kier molecular flexibility index (Phi) is 5.67. The number of carbonyl (C=O) groups excluding carboxylic acids is 2. The zero-order valence-electron chi connectivity index (χ0n) is 14.9. The van der Waals surface area contributed by atoms with Crippen LogP contribution in [0.25, 0.3) is 10.9 Å². The van der Waals surface area contributed by atoms with Crippen molar-refractivity contribution in [3.63, 3.8) is 0 Å². The lowest BCUT2D eigenvalue weighted by Crippen LogP contribution is -2.41. The lowest BCUT2D eigenvalue weighted by molar-refractivity contribution is 0.0526. The van der Waals surface area contributed by atoms with Crippen molar-refractivity contribution in [3.05, 3.63) is 71.9 Å². The third-order valence-electron chi connectivity index (χ3n) is 3.81. The van der Waals surface area contributed by atoms with Crippen LogP contribution in [-0.4, -0.2) is 31.9 Å². The monoisotopic (exact) mass is 399 g/mol. The number of fused-ring (bicyclic) bond motifs is 1. The van der Waals surface area contributed by atoms with E-state index in [4.69, 9.17) is 4.74 Å². The van der Waals surface area contributed by atoms with E-state index in [9.17, 15) is 18.0 Å². The van der Waals surface area contributed by atoms with Gasteiger partial charge in [0.1, 0.15) is 5.69 Å². The van der Waals surface area contributed by atoms with E-state index < -0.39 is 21.9 Å². The zero-order chi connectivity index (χ0) is 20.1. The van der Waals surface area contributed by atoms with Gasteiger partial charge in [0.2, 0.25) is 0 Å². The minimum Gasteiger partial charge on any atom is -0.462 e. The van der Waals surface area contributed by atoms with E-state index in [-0.39, 0.29) is 22.8 Å². The molecule has 0 saturated heterocycles. The van der Waals surface area contributed by atoms with Crippen LogP contribution in [0.3, 0.4) is 0 Å². The third kappa shape index (κ3) is 4.33. The van der Waals surface area contributed by atoms with E-state index in [1.54, 1.807) is 25.1 Å². The molecule has 0 unspecified atom stereocenters. The summed E-state index contributed by atoms with van der Waals surface area (Å²) in [6, 6.07) is 15.6. The molecule has 2 aromatic carbocycles. The molecule has 3 aromatic rings. The van der Waals surface area contributed by atoms with E-state index in [0.29, 0.717) is 5.52 Å². The van der Waals surface area contributed by atoms with Crippen LogP contribution in [0.4, 0.5) is 0 Å². The number of hydrogen-bond acceptors (Lipinski definition) is 6. The lowest BCUT2D eigenvalue weighted by atomic mass is 10.2. The SMILES string of the molecule is CCOC(=O)c1ccc(S(=O)(=O)NNC(=O)c2ccc3ccccc3n2)cc1. The molecule has 2 N–H and O–H groups in total. The number of aromatic nitrogens is 1. The summed E-state index contributed by atoms with van der Waals surface area (Å²) >= 11 is 0. The van der Waals surface area contributed by atoms with Crippen LogP contribution in [-0.2, 0) is 14.8 Å². The van der Waals surface area contributed by atoms with Gasteiger partial charge in [0.25, 0.3) is 15.9 Å². The maximum absolute atomic E-state index is 12.3. The van der Waals surface area contributed by atoms with Crippen molar-refractivity contribution < 1.29 is 22.7 Å². The molecule has 28 heavy (non-hydrogen) atoms. The molecule has 1 amide bonds. The Bertz CT molecular complexity index is 1130. The summed E-state index contributed by atoms with van der Waals surface area (Å²) in [6.07, 6.45) is 0. The van der Waals surface area contributed by atoms with E-state index in [2.05, 4.69) is 10.4 Å². The number of nitrogens with zero attached hydrogens (tertiary/aromatic N) is 1. The molecule has 8 nitrogen and oxygen atoms in total. The summed E-state index contributed by atoms with van der Waals surface area (Å²) in [5.74, 6) is -1.24.